The minimum atomic E-state index is 0.103. The summed E-state index contributed by atoms with van der Waals surface area (Å²) in [4.78, 5) is 16.0. The van der Waals surface area contributed by atoms with Crippen molar-refractivity contribution >= 4 is 5.91 Å². The van der Waals surface area contributed by atoms with Gasteiger partial charge in [-0.05, 0) is 24.5 Å². The Morgan fingerprint density at radius 1 is 1.30 bits per heavy atom. The fourth-order valence-electron chi connectivity index (χ4n) is 3.08. The van der Waals surface area contributed by atoms with Gasteiger partial charge in [-0.25, -0.2) is 4.68 Å². The molecular weight excluding hydrogens is 290 g/mol. The zero-order chi connectivity index (χ0) is 15.9. The molecule has 1 aliphatic rings. The van der Waals surface area contributed by atoms with E-state index in [1.54, 1.807) is 17.1 Å². The Balaban J connectivity index is 1.43. The van der Waals surface area contributed by atoms with Crippen LogP contribution >= 0.6 is 0 Å². The lowest BCUT2D eigenvalue weighted by Gasteiger charge is -2.20. The lowest BCUT2D eigenvalue weighted by molar-refractivity contribution is -0.121. The van der Waals surface area contributed by atoms with Gasteiger partial charge < -0.3 is 5.32 Å². The molecule has 1 aliphatic carbocycles. The Labute approximate surface area is 136 Å². The fraction of sp³-hybridized carbons (Fsp3) is 0.529. The summed E-state index contributed by atoms with van der Waals surface area (Å²) in [5.41, 5.74) is 1.61. The summed E-state index contributed by atoms with van der Waals surface area (Å²) in [7, 11) is 0. The molecule has 0 bridgehead atoms. The van der Waals surface area contributed by atoms with Crippen molar-refractivity contribution in [2.24, 2.45) is 5.92 Å². The average Bonchev–Trinajstić information content (AvgIpc) is 3.09. The van der Waals surface area contributed by atoms with Crippen molar-refractivity contribution in [1.29, 1.82) is 0 Å². The van der Waals surface area contributed by atoms with Crippen molar-refractivity contribution in [3.8, 4) is 5.69 Å². The zero-order valence-electron chi connectivity index (χ0n) is 13.3. The van der Waals surface area contributed by atoms with E-state index in [0.29, 0.717) is 13.0 Å². The maximum atomic E-state index is 12.0. The first kappa shape index (κ1) is 15.6. The molecule has 1 fully saturated rings. The van der Waals surface area contributed by atoms with E-state index in [4.69, 9.17) is 0 Å². The van der Waals surface area contributed by atoms with E-state index in [9.17, 15) is 4.79 Å². The van der Waals surface area contributed by atoms with Gasteiger partial charge in [0.2, 0.25) is 5.91 Å². The second-order valence-corrected chi connectivity index (χ2v) is 6.19. The van der Waals surface area contributed by atoms with E-state index in [2.05, 4.69) is 20.6 Å². The summed E-state index contributed by atoms with van der Waals surface area (Å²) in [5, 5.41) is 11.1. The van der Waals surface area contributed by atoms with Gasteiger partial charge in [0, 0.05) is 12.6 Å². The molecular formula is C17H23N5O. The normalized spacial score (nSPS) is 15.5. The highest BCUT2D eigenvalue weighted by Gasteiger charge is 2.14. The Hall–Kier alpha value is -2.24. The highest BCUT2D eigenvalue weighted by molar-refractivity contribution is 5.75. The van der Waals surface area contributed by atoms with E-state index < -0.39 is 0 Å². The van der Waals surface area contributed by atoms with Gasteiger partial charge in [-0.1, -0.05) is 37.3 Å². The number of aromatic nitrogens is 4. The number of carbonyl (C=O) groups excluding carboxylic acids is 1. The van der Waals surface area contributed by atoms with Crippen LogP contribution < -0.4 is 5.32 Å². The molecule has 0 unspecified atom stereocenters. The summed E-state index contributed by atoms with van der Waals surface area (Å²) in [6.07, 6.45) is 13.4. The smallest absolute Gasteiger partial charge is 0.220 e. The van der Waals surface area contributed by atoms with Crippen LogP contribution in [0, 0.1) is 5.92 Å². The van der Waals surface area contributed by atoms with Crippen molar-refractivity contribution in [3.63, 3.8) is 0 Å². The third kappa shape index (κ3) is 4.61. The van der Waals surface area contributed by atoms with Crippen LogP contribution in [0.2, 0.25) is 0 Å². The van der Waals surface area contributed by atoms with Crippen molar-refractivity contribution in [3.05, 3.63) is 36.4 Å². The summed E-state index contributed by atoms with van der Waals surface area (Å²) >= 11 is 0. The lowest BCUT2D eigenvalue weighted by atomic mass is 9.86. The molecule has 1 saturated carbocycles. The second kappa shape index (κ2) is 7.85. The van der Waals surface area contributed by atoms with Crippen molar-refractivity contribution in [2.75, 3.05) is 0 Å². The molecule has 1 N–H and O–H groups in total. The van der Waals surface area contributed by atoms with Crippen molar-refractivity contribution in [2.45, 2.75) is 51.5 Å². The number of hydrogen-bond donors (Lipinski definition) is 1. The maximum absolute atomic E-state index is 12.0. The van der Waals surface area contributed by atoms with Crippen LogP contribution in [-0.2, 0) is 11.3 Å². The lowest BCUT2D eigenvalue weighted by Crippen LogP contribution is -2.23. The molecule has 0 aromatic carbocycles. The third-order valence-corrected chi connectivity index (χ3v) is 4.42. The largest absolute Gasteiger partial charge is 0.350 e. The molecule has 3 rings (SSSR count). The van der Waals surface area contributed by atoms with Crippen LogP contribution in [0.25, 0.3) is 5.69 Å². The Morgan fingerprint density at radius 2 is 2.17 bits per heavy atom. The van der Waals surface area contributed by atoms with Crippen LogP contribution in [0.3, 0.4) is 0 Å². The summed E-state index contributed by atoms with van der Waals surface area (Å²) in [6, 6.07) is 3.76. The SMILES string of the molecule is O=C(CCC1CCCCC1)NCc1cn(-c2cccnc2)nn1. The number of hydrogen-bond acceptors (Lipinski definition) is 4. The first-order valence-electron chi connectivity index (χ1n) is 8.39. The predicted molar refractivity (Wildman–Crippen MR) is 86.8 cm³/mol. The van der Waals surface area contributed by atoms with Crippen LogP contribution in [0.4, 0.5) is 0 Å². The number of carbonyl (C=O) groups is 1. The highest BCUT2D eigenvalue weighted by Crippen LogP contribution is 2.27. The molecule has 2 aromatic heterocycles. The van der Waals surface area contributed by atoms with Gasteiger partial charge in [0.05, 0.1) is 24.6 Å². The van der Waals surface area contributed by atoms with E-state index in [1.165, 1.54) is 32.1 Å². The Kier molecular flexibility index (Phi) is 5.34. The Morgan fingerprint density at radius 3 is 2.96 bits per heavy atom. The second-order valence-electron chi connectivity index (χ2n) is 6.19. The van der Waals surface area contributed by atoms with Crippen LogP contribution in [0.1, 0.15) is 50.6 Å². The molecule has 2 aromatic rings. The van der Waals surface area contributed by atoms with Gasteiger partial charge in [0.1, 0.15) is 5.69 Å². The monoisotopic (exact) mass is 313 g/mol. The van der Waals surface area contributed by atoms with Crippen LogP contribution in [0.15, 0.2) is 30.7 Å². The molecule has 6 heteroatoms. The minimum absolute atomic E-state index is 0.103. The molecule has 0 atom stereocenters. The summed E-state index contributed by atoms with van der Waals surface area (Å²) < 4.78 is 1.66. The number of amides is 1. The minimum Gasteiger partial charge on any atom is -0.350 e. The number of rotatable bonds is 6. The highest BCUT2D eigenvalue weighted by atomic mass is 16.1. The molecule has 2 heterocycles. The average molecular weight is 313 g/mol. The van der Waals surface area contributed by atoms with E-state index in [-0.39, 0.29) is 5.91 Å². The van der Waals surface area contributed by atoms with Gasteiger partial charge in [-0.2, -0.15) is 0 Å². The van der Waals surface area contributed by atoms with Crippen LogP contribution in [0.5, 0.6) is 0 Å². The zero-order valence-corrected chi connectivity index (χ0v) is 13.3. The predicted octanol–water partition coefficient (Wildman–Crippen LogP) is 2.64. The first-order chi connectivity index (χ1) is 11.3. The van der Waals surface area contributed by atoms with Gasteiger partial charge in [0.25, 0.3) is 0 Å². The molecule has 6 nitrogen and oxygen atoms in total. The summed E-state index contributed by atoms with van der Waals surface area (Å²) in [5.74, 6) is 0.840. The van der Waals surface area contributed by atoms with E-state index in [0.717, 1.165) is 23.7 Å². The molecule has 0 radical (unpaired) electrons. The molecule has 0 spiro atoms. The molecule has 0 saturated heterocycles. The third-order valence-electron chi connectivity index (χ3n) is 4.42. The van der Waals surface area contributed by atoms with E-state index >= 15 is 0 Å². The van der Waals surface area contributed by atoms with Gasteiger partial charge in [-0.3, -0.25) is 9.78 Å². The van der Waals surface area contributed by atoms with Gasteiger partial charge >= 0.3 is 0 Å². The molecule has 23 heavy (non-hydrogen) atoms. The molecule has 122 valence electrons. The first-order valence-corrected chi connectivity index (χ1v) is 8.39. The maximum Gasteiger partial charge on any atom is 0.220 e. The van der Waals surface area contributed by atoms with E-state index in [1.807, 2.05) is 18.3 Å². The van der Waals surface area contributed by atoms with Crippen molar-refractivity contribution in [1.82, 2.24) is 25.3 Å². The summed E-state index contributed by atoms with van der Waals surface area (Å²) in [6.45, 7) is 0.420. The fourth-order valence-corrected chi connectivity index (χ4v) is 3.08. The number of pyridine rings is 1. The van der Waals surface area contributed by atoms with Gasteiger partial charge in [-0.15, -0.1) is 5.10 Å². The quantitative estimate of drug-likeness (QED) is 0.890. The topological polar surface area (TPSA) is 72.7 Å². The molecule has 1 amide bonds. The van der Waals surface area contributed by atoms with Gasteiger partial charge in [0.15, 0.2) is 0 Å². The molecule has 0 aliphatic heterocycles. The van der Waals surface area contributed by atoms with Crippen molar-refractivity contribution < 1.29 is 4.79 Å². The number of nitrogens with zero attached hydrogens (tertiary/aromatic N) is 4. The van der Waals surface area contributed by atoms with Crippen LogP contribution in [-0.4, -0.2) is 25.9 Å². The number of nitrogens with one attached hydrogen (secondary N) is 1. The Bertz CT molecular complexity index is 619. The standard InChI is InChI=1S/C17H23N5O/c23-17(9-8-14-5-2-1-3-6-14)19-11-15-13-22(21-20-15)16-7-4-10-18-12-16/h4,7,10,12-14H,1-3,5-6,8-9,11H2,(H,19,23).